The zero-order valence-electron chi connectivity index (χ0n) is 23.1. The lowest BCUT2D eigenvalue weighted by molar-refractivity contribution is 0.0949. The van der Waals surface area contributed by atoms with Crippen LogP contribution in [0.3, 0.4) is 0 Å². The fraction of sp³-hybridized carbons (Fsp3) is 0.484. The first kappa shape index (κ1) is 28.6. The van der Waals surface area contributed by atoms with Crippen molar-refractivity contribution in [2.45, 2.75) is 65.2 Å². The molecule has 0 heterocycles. The molecule has 6 heteroatoms. The van der Waals surface area contributed by atoms with E-state index in [-0.39, 0.29) is 11.7 Å². The van der Waals surface area contributed by atoms with E-state index in [1.807, 2.05) is 56.3 Å². The average molecular weight is 505 g/mol. The summed E-state index contributed by atoms with van der Waals surface area (Å²) in [6.07, 6.45) is 7.83. The van der Waals surface area contributed by atoms with Gasteiger partial charge in [-0.2, -0.15) is 0 Å². The van der Waals surface area contributed by atoms with Crippen LogP contribution in [0.15, 0.2) is 36.9 Å². The monoisotopic (exact) mass is 504 g/mol. The smallest absolute Gasteiger partial charge is 0.251 e. The van der Waals surface area contributed by atoms with E-state index >= 15 is 0 Å². The molecule has 1 amide bonds. The first-order valence-electron chi connectivity index (χ1n) is 13.6. The summed E-state index contributed by atoms with van der Waals surface area (Å²) in [6, 6.07) is 9.76. The third-order valence-corrected chi connectivity index (χ3v) is 7.53. The van der Waals surface area contributed by atoms with E-state index in [1.165, 1.54) is 31.2 Å². The molecule has 200 valence electrons. The van der Waals surface area contributed by atoms with Gasteiger partial charge in [0, 0.05) is 36.2 Å². The van der Waals surface area contributed by atoms with Gasteiger partial charge in [0.2, 0.25) is 0 Å². The molecular formula is C31H44N4O2. The molecule has 1 saturated carbocycles. The molecule has 0 atom stereocenters. The number of hydrazine groups is 1. The maximum atomic E-state index is 13.4. The predicted octanol–water partition coefficient (Wildman–Crippen LogP) is 5.54. The minimum Gasteiger partial charge on any atom is -0.351 e. The van der Waals surface area contributed by atoms with Crippen molar-refractivity contribution in [3.05, 3.63) is 70.3 Å². The van der Waals surface area contributed by atoms with Gasteiger partial charge in [-0.1, -0.05) is 45.3 Å². The second kappa shape index (κ2) is 13.5. The van der Waals surface area contributed by atoms with Gasteiger partial charge in [0.1, 0.15) is 0 Å². The Balaban J connectivity index is 1.74. The fourth-order valence-electron chi connectivity index (χ4n) is 5.32. The Labute approximate surface area is 222 Å². The number of aryl methyl sites for hydroxylation is 3. The predicted molar refractivity (Wildman–Crippen MR) is 154 cm³/mol. The first-order valence-corrected chi connectivity index (χ1v) is 13.6. The molecule has 0 spiro atoms. The van der Waals surface area contributed by atoms with E-state index in [0.717, 1.165) is 52.9 Å². The van der Waals surface area contributed by atoms with Gasteiger partial charge in [-0.05, 0) is 92.7 Å². The van der Waals surface area contributed by atoms with Crippen molar-refractivity contribution in [2.75, 3.05) is 32.6 Å². The second-order valence-corrected chi connectivity index (χ2v) is 10.6. The van der Waals surface area contributed by atoms with Gasteiger partial charge < -0.3 is 15.6 Å². The van der Waals surface area contributed by atoms with Gasteiger partial charge in [0.05, 0.1) is 5.69 Å². The molecule has 2 aromatic carbocycles. The molecule has 0 aliphatic heterocycles. The molecule has 2 aromatic rings. The van der Waals surface area contributed by atoms with Gasteiger partial charge in [0.15, 0.2) is 5.78 Å². The van der Waals surface area contributed by atoms with Crippen LogP contribution in [-0.4, -0.2) is 43.8 Å². The van der Waals surface area contributed by atoms with Gasteiger partial charge >= 0.3 is 0 Å². The molecule has 1 fully saturated rings. The number of allylic oxidation sites excluding steroid dienone is 1. The number of nitrogens with one attached hydrogen (secondary N) is 2. The Morgan fingerprint density at radius 1 is 1.08 bits per heavy atom. The van der Waals surface area contributed by atoms with E-state index in [0.29, 0.717) is 30.9 Å². The van der Waals surface area contributed by atoms with E-state index in [4.69, 9.17) is 5.84 Å². The number of nitrogen functional groups attached to an aromatic ring is 1. The summed E-state index contributed by atoms with van der Waals surface area (Å²) < 4.78 is 0. The zero-order valence-corrected chi connectivity index (χ0v) is 23.1. The zero-order chi connectivity index (χ0) is 26.9. The molecule has 4 N–H and O–H groups in total. The van der Waals surface area contributed by atoms with Gasteiger partial charge in [-0.25, -0.2) is 0 Å². The number of amides is 1. The molecule has 3 rings (SSSR count). The lowest BCUT2D eigenvalue weighted by Gasteiger charge is -2.18. The number of hydrogen-bond acceptors (Lipinski definition) is 5. The molecule has 0 saturated heterocycles. The number of ketones is 1. The van der Waals surface area contributed by atoms with Crippen molar-refractivity contribution in [1.82, 2.24) is 10.2 Å². The van der Waals surface area contributed by atoms with E-state index in [2.05, 4.69) is 24.2 Å². The van der Waals surface area contributed by atoms with Crippen molar-refractivity contribution >= 4 is 23.0 Å². The van der Waals surface area contributed by atoms with Crippen molar-refractivity contribution in [3.63, 3.8) is 0 Å². The highest BCUT2D eigenvalue weighted by atomic mass is 16.1. The van der Waals surface area contributed by atoms with Crippen LogP contribution in [0.25, 0.3) is 5.57 Å². The summed E-state index contributed by atoms with van der Waals surface area (Å²) in [6.45, 7) is 9.78. The third-order valence-electron chi connectivity index (χ3n) is 7.53. The topological polar surface area (TPSA) is 87.5 Å². The standard InChI is InChI=1S/C31H44N4O2/c1-6-24-11-12-26(31(37)33-15-16-35(4)5)19-25(24)13-14-30(36)28-20-27(29(34-32)18-22(28)3)21(2)17-23-9-7-8-10-23/h11-12,18-20,23,34H,2,6-10,13-17,32H2,1,3-5H3,(H,33,37). The van der Waals surface area contributed by atoms with Crippen molar-refractivity contribution < 1.29 is 9.59 Å². The minimum absolute atomic E-state index is 0.0804. The molecule has 0 unspecified atom stereocenters. The molecule has 1 aliphatic carbocycles. The number of rotatable bonds is 13. The largest absolute Gasteiger partial charge is 0.351 e. The van der Waals surface area contributed by atoms with E-state index in [1.54, 1.807) is 0 Å². The molecule has 1 aliphatic rings. The fourth-order valence-corrected chi connectivity index (χ4v) is 5.32. The Hall–Kier alpha value is -2.96. The molecule has 0 radical (unpaired) electrons. The Morgan fingerprint density at radius 3 is 2.46 bits per heavy atom. The second-order valence-electron chi connectivity index (χ2n) is 10.6. The molecule has 0 aromatic heterocycles. The number of likely N-dealkylation sites (N-methyl/N-ethyl adjacent to an activating group) is 1. The summed E-state index contributed by atoms with van der Waals surface area (Å²) in [5, 5.41) is 2.97. The van der Waals surface area contributed by atoms with E-state index < -0.39 is 0 Å². The lowest BCUT2D eigenvalue weighted by Crippen LogP contribution is -2.31. The van der Waals surface area contributed by atoms with Gasteiger partial charge in [0.25, 0.3) is 5.91 Å². The Morgan fingerprint density at radius 2 is 1.81 bits per heavy atom. The van der Waals surface area contributed by atoms with Crippen LogP contribution in [-0.2, 0) is 12.8 Å². The maximum absolute atomic E-state index is 13.4. The molecule has 0 bridgehead atoms. The summed E-state index contributed by atoms with van der Waals surface area (Å²) in [5.74, 6) is 6.51. The lowest BCUT2D eigenvalue weighted by atomic mass is 9.89. The maximum Gasteiger partial charge on any atom is 0.251 e. The highest BCUT2D eigenvalue weighted by Gasteiger charge is 2.20. The van der Waals surface area contributed by atoms with Gasteiger partial charge in [-0.3, -0.25) is 15.4 Å². The van der Waals surface area contributed by atoms with Crippen molar-refractivity contribution in [3.8, 4) is 0 Å². The number of nitrogens with zero attached hydrogens (tertiary/aromatic N) is 1. The summed E-state index contributed by atoms with van der Waals surface area (Å²) >= 11 is 0. The average Bonchev–Trinajstić information content (AvgIpc) is 3.39. The number of Topliss-reactive ketones (excluding diaryl/α,β-unsaturated/α-hetero) is 1. The number of nitrogens with two attached hydrogens (primary N) is 1. The van der Waals surface area contributed by atoms with E-state index in [9.17, 15) is 9.59 Å². The quantitative estimate of drug-likeness (QED) is 0.189. The normalized spacial score (nSPS) is 13.7. The van der Waals surface area contributed by atoms with Crippen LogP contribution in [0.5, 0.6) is 0 Å². The van der Waals surface area contributed by atoms with Crippen LogP contribution in [0.2, 0.25) is 0 Å². The number of carbonyl (C=O) groups is 2. The minimum atomic E-state index is -0.0804. The first-order chi connectivity index (χ1) is 17.7. The van der Waals surface area contributed by atoms with Crippen molar-refractivity contribution in [1.29, 1.82) is 0 Å². The number of carbonyl (C=O) groups excluding carboxylic acids is 2. The third kappa shape index (κ3) is 7.76. The van der Waals surface area contributed by atoms with Crippen LogP contribution < -0.4 is 16.6 Å². The highest BCUT2D eigenvalue weighted by Crippen LogP contribution is 2.36. The Kier molecular flexibility index (Phi) is 10.5. The number of anilines is 1. The van der Waals surface area contributed by atoms with Crippen LogP contribution in [0.1, 0.15) is 88.4 Å². The van der Waals surface area contributed by atoms with Gasteiger partial charge in [-0.15, -0.1) is 0 Å². The number of benzene rings is 2. The Bertz CT molecular complexity index is 1120. The number of hydrogen-bond donors (Lipinski definition) is 3. The van der Waals surface area contributed by atoms with Crippen molar-refractivity contribution in [2.24, 2.45) is 11.8 Å². The summed E-state index contributed by atoms with van der Waals surface area (Å²) in [4.78, 5) is 28.1. The van der Waals surface area contributed by atoms with Crippen LogP contribution in [0.4, 0.5) is 5.69 Å². The SMILES string of the molecule is C=C(CC1CCCC1)c1cc(C(=O)CCc2cc(C(=O)NCCN(C)C)ccc2CC)c(C)cc1NN. The summed E-state index contributed by atoms with van der Waals surface area (Å²) in [7, 11) is 3.96. The molecule has 37 heavy (non-hydrogen) atoms. The molecular weight excluding hydrogens is 460 g/mol. The molecule has 6 nitrogen and oxygen atoms in total. The highest BCUT2D eigenvalue weighted by molar-refractivity contribution is 5.99. The van der Waals surface area contributed by atoms with Crippen LogP contribution >= 0.6 is 0 Å². The summed E-state index contributed by atoms with van der Waals surface area (Å²) in [5.41, 5.74) is 10.1. The van der Waals surface area contributed by atoms with Crippen LogP contribution in [0, 0.1) is 12.8 Å².